The minimum absolute atomic E-state index is 0.0666. The van der Waals surface area contributed by atoms with Gasteiger partial charge in [0.25, 0.3) is 10.1 Å². The predicted octanol–water partition coefficient (Wildman–Crippen LogP) is 4.08. The Morgan fingerprint density at radius 3 is 1.70 bits per heavy atom. The standard InChI is InChI=1S/C17H19NO.C7H8O3S/c1-13-16(19)12-18(13)17(14-8-4-2-5-9-14)15-10-6-3-7-11-15;1-6-2-4-7(5-3-6)11(8,9)10/h2-11,13,16-17,19H,12H2,1H3;2-5H,1H3,(H,8,9,10). The number of aliphatic hydroxyl groups is 1. The second-order valence-electron chi connectivity index (χ2n) is 7.52. The third-order valence-electron chi connectivity index (χ3n) is 5.36. The van der Waals surface area contributed by atoms with E-state index in [1.807, 2.05) is 19.1 Å². The zero-order chi connectivity index (χ0) is 21.7. The molecule has 6 heteroatoms. The fourth-order valence-corrected chi connectivity index (χ4v) is 3.99. The molecular weight excluding hydrogens is 398 g/mol. The van der Waals surface area contributed by atoms with Crippen molar-refractivity contribution in [2.24, 2.45) is 0 Å². The zero-order valence-corrected chi connectivity index (χ0v) is 17.9. The molecule has 1 saturated heterocycles. The number of likely N-dealkylation sites (tertiary alicyclic amines) is 1. The molecule has 1 aliphatic heterocycles. The van der Waals surface area contributed by atoms with Crippen molar-refractivity contribution < 1.29 is 18.1 Å². The molecule has 3 aromatic rings. The smallest absolute Gasteiger partial charge is 0.294 e. The predicted molar refractivity (Wildman–Crippen MR) is 118 cm³/mol. The molecule has 0 spiro atoms. The highest BCUT2D eigenvalue weighted by Gasteiger charge is 2.39. The van der Waals surface area contributed by atoms with E-state index in [-0.39, 0.29) is 23.1 Å². The molecule has 30 heavy (non-hydrogen) atoms. The molecule has 0 amide bonds. The van der Waals surface area contributed by atoms with Gasteiger partial charge in [0.15, 0.2) is 0 Å². The molecule has 158 valence electrons. The van der Waals surface area contributed by atoms with Crippen molar-refractivity contribution in [2.45, 2.75) is 36.9 Å². The third-order valence-corrected chi connectivity index (χ3v) is 6.23. The Labute approximate surface area is 178 Å². The van der Waals surface area contributed by atoms with Crippen LogP contribution in [0.4, 0.5) is 0 Å². The lowest BCUT2D eigenvalue weighted by Crippen LogP contribution is -2.59. The summed E-state index contributed by atoms with van der Waals surface area (Å²) in [5, 5.41) is 9.79. The first-order chi connectivity index (χ1) is 14.3. The van der Waals surface area contributed by atoms with Gasteiger partial charge in [-0.15, -0.1) is 0 Å². The first-order valence-electron chi connectivity index (χ1n) is 9.85. The fourth-order valence-electron chi connectivity index (χ4n) is 3.51. The zero-order valence-electron chi connectivity index (χ0n) is 17.1. The molecule has 2 unspecified atom stereocenters. The van der Waals surface area contributed by atoms with Gasteiger partial charge in [0, 0.05) is 12.6 Å². The Morgan fingerprint density at radius 1 is 0.867 bits per heavy atom. The molecular formula is C24H27NO4S. The minimum Gasteiger partial charge on any atom is -0.390 e. The monoisotopic (exact) mass is 425 g/mol. The second-order valence-corrected chi connectivity index (χ2v) is 8.94. The molecule has 0 aromatic heterocycles. The van der Waals surface area contributed by atoms with Crippen molar-refractivity contribution in [3.63, 3.8) is 0 Å². The van der Waals surface area contributed by atoms with Crippen LogP contribution in [0.5, 0.6) is 0 Å². The van der Waals surface area contributed by atoms with Crippen LogP contribution in [0.1, 0.15) is 29.7 Å². The number of hydrogen-bond acceptors (Lipinski definition) is 4. The average Bonchev–Trinajstić information content (AvgIpc) is 2.75. The van der Waals surface area contributed by atoms with Crippen molar-refractivity contribution in [2.75, 3.05) is 6.54 Å². The first-order valence-corrected chi connectivity index (χ1v) is 11.3. The summed E-state index contributed by atoms with van der Waals surface area (Å²) in [6.07, 6.45) is -0.199. The summed E-state index contributed by atoms with van der Waals surface area (Å²) < 4.78 is 29.6. The van der Waals surface area contributed by atoms with Crippen molar-refractivity contribution in [3.05, 3.63) is 102 Å². The minimum atomic E-state index is -4.02. The van der Waals surface area contributed by atoms with Crippen LogP contribution >= 0.6 is 0 Å². The van der Waals surface area contributed by atoms with E-state index >= 15 is 0 Å². The summed E-state index contributed by atoms with van der Waals surface area (Å²) in [5.41, 5.74) is 3.53. The Hall–Kier alpha value is -2.51. The number of hydrogen-bond donors (Lipinski definition) is 2. The molecule has 0 radical (unpaired) electrons. The second kappa shape index (κ2) is 9.53. The van der Waals surface area contributed by atoms with Gasteiger partial charge < -0.3 is 5.11 Å². The lowest BCUT2D eigenvalue weighted by molar-refractivity contribution is -0.0693. The molecule has 3 aromatic carbocycles. The maximum Gasteiger partial charge on any atom is 0.294 e. The molecule has 1 heterocycles. The number of rotatable bonds is 4. The maximum absolute atomic E-state index is 10.5. The van der Waals surface area contributed by atoms with Gasteiger partial charge in [0.05, 0.1) is 17.0 Å². The maximum atomic E-state index is 10.5. The molecule has 4 rings (SSSR count). The Kier molecular flexibility index (Phi) is 7.05. The largest absolute Gasteiger partial charge is 0.390 e. The molecule has 5 nitrogen and oxygen atoms in total. The van der Waals surface area contributed by atoms with E-state index in [2.05, 4.69) is 60.4 Å². The van der Waals surface area contributed by atoms with Crippen LogP contribution in [0.15, 0.2) is 89.8 Å². The van der Waals surface area contributed by atoms with Crippen LogP contribution in [-0.4, -0.2) is 41.7 Å². The van der Waals surface area contributed by atoms with Gasteiger partial charge in [-0.25, -0.2) is 0 Å². The summed E-state index contributed by atoms with van der Waals surface area (Å²) in [5.74, 6) is 0. The van der Waals surface area contributed by atoms with E-state index in [1.165, 1.54) is 23.3 Å². The fraction of sp³-hybridized carbons (Fsp3) is 0.250. The van der Waals surface area contributed by atoms with E-state index in [0.29, 0.717) is 0 Å². The average molecular weight is 426 g/mol. The normalized spacial score (nSPS) is 19.0. The Morgan fingerprint density at radius 2 is 1.33 bits per heavy atom. The highest BCUT2D eigenvalue weighted by atomic mass is 32.2. The summed E-state index contributed by atoms with van der Waals surface area (Å²) in [4.78, 5) is 2.29. The van der Waals surface area contributed by atoms with E-state index in [1.54, 1.807) is 12.1 Å². The number of aliphatic hydroxyl groups excluding tert-OH is 1. The topological polar surface area (TPSA) is 77.8 Å². The molecule has 2 atom stereocenters. The van der Waals surface area contributed by atoms with Crippen molar-refractivity contribution in [1.82, 2.24) is 4.90 Å². The van der Waals surface area contributed by atoms with E-state index in [0.717, 1.165) is 12.1 Å². The van der Waals surface area contributed by atoms with Gasteiger partial charge in [-0.1, -0.05) is 78.4 Å². The summed E-state index contributed by atoms with van der Waals surface area (Å²) in [6.45, 7) is 4.68. The van der Waals surface area contributed by atoms with Gasteiger partial charge in [0.1, 0.15) is 0 Å². The lowest BCUT2D eigenvalue weighted by atomic mass is 9.90. The molecule has 0 aliphatic carbocycles. The van der Waals surface area contributed by atoms with Crippen LogP contribution in [0, 0.1) is 6.92 Å². The van der Waals surface area contributed by atoms with Crippen LogP contribution < -0.4 is 0 Å². The summed E-state index contributed by atoms with van der Waals surface area (Å²) >= 11 is 0. The number of benzene rings is 3. The Balaban J connectivity index is 0.000000199. The summed E-state index contributed by atoms with van der Waals surface area (Å²) in [7, 11) is -4.02. The van der Waals surface area contributed by atoms with Crippen molar-refractivity contribution >= 4 is 10.1 Å². The van der Waals surface area contributed by atoms with Gasteiger partial charge in [-0.2, -0.15) is 8.42 Å². The molecule has 1 fully saturated rings. The van der Waals surface area contributed by atoms with Gasteiger partial charge in [-0.3, -0.25) is 9.45 Å². The van der Waals surface area contributed by atoms with E-state index in [4.69, 9.17) is 4.55 Å². The van der Waals surface area contributed by atoms with Crippen LogP contribution in [-0.2, 0) is 10.1 Å². The highest BCUT2D eigenvalue weighted by molar-refractivity contribution is 7.85. The van der Waals surface area contributed by atoms with Gasteiger partial charge >= 0.3 is 0 Å². The van der Waals surface area contributed by atoms with Gasteiger partial charge in [-0.05, 0) is 37.1 Å². The third kappa shape index (κ3) is 5.34. The van der Waals surface area contributed by atoms with Crippen LogP contribution in [0.2, 0.25) is 0 Å². The van der Waals surface area contributed by atoms with Crippen molar-refractivity contribution in [1.29, 1.82) is 0 Å². The SMILES string of the molecule is CC1C(O)CN1C(c1ccccc1)c1ccccc1.Cc1ccc(S(=O)(=O)O)cc1. The van der Waals surface area contributed by atoms with Crippen LogP contribution in [0.3, 0.4) is 0 Å². The number of nitrogens with zero attached hydrogens (tertiary/aromatic N) is 1. The molecule has 0 bridgehead atoms. The number of aryl methyl sites for hydroxylation is 1. The van der Waals surface area contributed by atoms with Crippen molar-refractivity contribution in [3.8, 4) is 0 Å². The molecule has 1 aliphatic rings. The van der Waals surface area contributed by atoms with E-state index in [9.17, 15) is 13.5 Å². The quantitative estimate of drug-likeness (QED) is 0.616. The highest BCUT2D eigenvalue weighted by Crippen LogP contribution is 2.35. The Bertz CT molecular complexity index is 998. The molecule has 2 N–H and O–H groups in total. The summed E-state index contributed by atoms with van der Waals surface area (Å²) in [6, 6.07) is 27.5. The van der Waals surface area contributed by atoms with E-state index < -0.39 is 10.1 Å². The van der Waals surface area contributed by atoms with Crippen LogP contribution in [0.25, 0.3) is 0 Å². The number of β-amino-alcohol motifs (C(OH)–C–C–N with tert-alkyl or cyclic N) is 1. The lowest BCUT2D eigenvalue weighted by Gasteiger charge is -2.48. The first kappa shape index (κ1) is 22.2. The van der Waals surface area contributed by atoms with Gasteiger partial charge in [0.2, 0.25) is 0 Å². The molecule has 0 saturated carbocycles.